The van der Waals surface area contributed by atoms with E-state index in [0.717, 1.165) is 11.1 Å². The number of halogens is 2. The fraction of sp³-hybridized carbons (Fsp3) is 0.0909. The van der Waals surface area contributed by atoms with Gasteiger partial charge in [-0.25, -0.2) is 4.79 Å². The van der Waals surface area contributed by atoms with Crippen molar-refractivity contribution in [1.82, 2.24) is 0 Å². The lowest BCUT2D eigenvalue weighted by Crippen LogP contribution is -2.14. The maximum atomic E-state index is 12.2. The first-order chi connectivity index (χ1) is 14.4. The summed E-state index contributed by atoms with van der Waals surface area (Å²) in [7, 11) is 0. The van der Waals surface area contributed by atoms with Gasteiger partial charge in [0.15, 0.2) is 5.75 Å². The lowest BCUT2D eigenvalue weighted by molar-refractivity contribution is 0.1000. The number of primary amides is 1. The van der Waals surface area contributed by atoms with Crippen LogP contribution in [0.4, 0.5) is 10.5 Å². The molecule has 8 heteroatoms. The molecule has 3 aromatic carbocycles. The van der Waals surface area contributed by atoms with Gasteiger partial charge < -0.3 is 15.2 Å². The maximum Gasteiger partial charge on any atom is 0.412 e. The summed E-state index contributed by atoms with van der Waals surface area (Å²) in [6, 6.07) is 18.9. The minimum Gasteiger partial charge on any atom is -0.485 e. The molecule has 2 amide bonds. The van der Waals surface area contributed by atoms with Crippen LogP contribution in [0.2, 0.25) is 10.0 Å². The molecule has 3 rings (SSSR count). The topological polar surface area (TPSA) is 90.7 Å². The van der Waals surface area contributed by atoms with E-state index in [9.17, 15) is 9.59 Å². The van der Waals surface area contributed by atoms with Crippen LogP contribution in [0, 0.1) is 0 Å². The molecular formula is C22H18Cl2N2O4. The van der Waals surface area contributed by atoms with Crippen molar-refractivity contribution in [3.63, 3.8) is 0 Å². The molecule has 0 saturated carbocycles. The normalized spacial score (nSPS) is 10.3. The average Bonchev–Trinajstić information content (AvgIpc) is 2.72. The zero-order valence-corrected chi connectivity index (χ0v) is 17.2. The number of nitrogens with two attached hydrogens (primary N) is 1. The van der Waals surface area contributed by atoms with Crippen LogP contribution in [0.1, 0.15) is 21.5 Å². The van der Waals surface area contributed by atoms with Gasteiger partial charge in [-0.15, -0.1) is 0 Å². The van der Waals surface area contributed by atoms with Crippen LogP contribution in [0.5, 0.6) is 5.75 Å². The van der Waals surface area contributed by atoms with E-state index in [4.69, 9.17) is 38.4 Å². The lowest BCUT2D eigenvalue weighted by atomic mass is 10.1. The minimum absolute atomic E-state index is 0.114. The van der Waals surface area contributed by atoms with Crippen molar-refractivity contribution in [3.8, 4) is 5.75 Å². The monoisotopic (exact) mass is 444 g/mol. The highest BCUT2D eigenvalue weighted by Crippen LogP contribution is 2.37. The highest BCUT2D eigenvalue weighted by atomic mass is 35.5. The molecule has 0 heterocycles. The van der Waals surface area contributed by atoms with Crippen LogP contribution < -0.4 is 15.8 Å². The molecule has 3 N–H and O–H groups in total. The van der Waals surface area contributed by atoms with Crippen molar-refractivity contribution in [3.05, 3.63) is 93.5 Å². The highest BCUT2D eigenvalue weighted by Gasteiger charge is 2.15. The van der Waals surface area contributed by atoms with Gasteiger partial charge in [0.1, 0.15) is 13.2 Å². The maximum absolute atomic E-state index is 12.2. The van der Waals surface area contributed by atoms with Crippen molar-refractivity contribution in [2.75, 3.05) is 5.32 Å². The third-order valence-electron chi connectivity index (χ3n) is 4.08. The number of hydrogen-bond acceptors (Lipinski definition) is 4. The van der Waals surface area contributed by atoms with Crippen LogP contribution in [-0.2, 0) is 18.0 Å². The number of anilines is 1. The van der Waals surface area contributed by atoms with Crippen molar-refractivity contribution in [2.45, 2.75) is 13.2 Å². The Labute approximate surface area is 183 Å². The van der Waals surface area contributed by atoms with E-state index in [1.807, 2.05) is 30.3 Å². The van der Waals surface area contributed by atoms with Gasteiger partial charge in [0.2, 0.25) is 5.91 Å². The van der Waals surface area contributed by atoms with Gasteiger partial charge in [-0.2, -0.15) is 0 Å². The molecule has 3 aromatic rings. The Hall–Kier alpha value is -3.22. The summed E-state index contributed by atoms with van der Waals surface area (Å²) in [6.45, 7) is 0.261. The third-order valence-corrected chi connectivity index (χ3v) is 4.58. The van der Waals surface area contributed by atoms with Gasteiger partial charge in [0.05, 0.1) is 10.7 Å². The van der Waals surface area contributed by atoms with Gasteiger partial charge in [-0.1, -0.05) is 65.7 Å². The second-order valence-corrected chi connectivity index (χ2v) is 7.14. The molecule has 0 aliphatic rings. The predicted molar refractivity (Wildman–Crippen MR) is 116 cm³/mol. The Morgan fingerprint density at radius 3 is 2.23 bits per heavy atom. The van der Waals surface area contributed by atoms with Crippen LogP contribution in [0.3, 0.4) is 0 Å². The van der Waals surface area contributed by atoms with Gasteiger partial charge in [-0.05, 0) is 35.4 Å². The molecule has 30 heavy (non-hydrogen) atoms. The Kier molecular flexibility index (Phi) is 7.17. The Balaban J connectivity index is 1.68. The molecule has 0 aromatic heterocycles. The summed E-state index contributed by atoms with van der Waals surface area (Å²) < 4.78 is 11.0. The van der Waals surface area contributed by atoms with E-state index in [2.05, 4.69) is 5.32 Å². The van der Waals surface area contributed by atoms with E-state index in [0.29, 0.717) is 10.6 Å². The van der Waals surface area contributed by atoms with Gasteiger partial charge in [0, 0.05) is 10.6 Å². The summed E-state index contributed by atoms with van der Waals surface area (Å²) in [5, 5.41) is 3.17. The molecule has 154 valence electrons. The molecule has 6 nitrogen and oxygen atoms in total. The number of rotatable bonds is 7. The first-order valence-corrected chi connectivity index (χ1v) is 9.66. The van der Waals surface area contributed by atoms with Crippen molar-refractivity contribution < 1.29 is 19.1 Å². The number of carbonyl (C=O) groups is 2. The molecule has 0 fully saturated rings. The standard InChI is InChI=1S/C22H18Cl2N2O4/c23-17-10-18(24)20(29-12-15-6-8-16(9-7-15)21(25)27)19(11-17)26-22(28)30-13-14-4-2-1-3-5-14/h1-11H,12-13H2,(H2,25,27)(H,26,28). The predicted octanol–water partition coefficient (Wildman–Crippen LogP) is 5.42. The zero-order valence-electron chi connectivity index (χ0n) is 15.7. The first kappa shape index (κ1) is 21.5. The summed E-state index contributed by atoms with van der Waals surface area (Å²) in [6.07, 6.45) is -0.673. The van der Waals surface area contributed by atoms with Gasteiger partial charge >= 0.3 is 6.09 Å². The molecule has 0 spiro atoms. The Bertz CT molecular complexity index is 1040. The number of amides is 2. The largest absolute Gasteiger partial charge is 0.485 e. The average molecular weight is 445 g/mol. The molecule has 0 bridgehead atoms. The Morgan fingerprint density at radius 2 is 1.57 bits per heavy atom. The van der Waals surface area contributed by atoms with Crippen LogP contribution in [0.15, 0.2) is 66.7 Å². The SMILES string of the molecule is NC(=O)c1ccc(COc2c(Cl)cc(Cl)cc2NC(=O)OCc2ccccc2)cc1. The van der Waals surface area contributed by atoms with E-state index in [1.54, 1.807) is 24.3 Å². The number of benzene rings is 3. The number of carbonyl (C=O) groups excluding carboxylic acids is 2. The summed E-state index contributed by atoms with van der Waals surface area (Å²) in [5.41, 5.74) is 7.55. The van der Waals surface area contributed by atoms with E-state index in [-0.39, 0.29) is 29.7 Å². The van der Waals surface area contributed by atoms with Crippen molar-refractivity contribution >= 4 is 40.9 Å². The fourth-order valence-electron chi connectivity index (χ4n) is 2.59. The van der Waals surface area contributed by atoms with E-state index >= 15 is 0 Å². The summed E-state index contributed by atoms with van der Waals surface area (Å²) in [5.74, 6) is -0.263. The van der Waals surface area contributed by atoms with E-state index < -0.39 is 12.0 Å². The number of nitrogens with one attached hydrogen (secondary N) is 1. The van der Waals surface area contributed by atoms with Crippen LogP contribution in [0.25, 0.3) is 0 Å². The summed E-state index contributed by atoms with van der Waals surface area (Å²) in [4.78, 5) is 23.4. The third kappa shape index (κ3) is 5.89. The lowest BCUT2D eigenvalue weighted by Gasteiger charge is -2.15. The molecule has 0 radical (unpaired) electrons. The van der Waals surface area contributed by atoms with Gasteiger partial charge in [-0.3, -0.25) is 10.1 Å². The molecule has 0 aliphatic carbocycles. The highest BCUT2D eigenvalue weighted by molar-refractivity contribution is 6.36. The van der Waals surface area contributed by atoms with Gasteiger partial charge in [0.25, 0.3) is 0 Å². The Morgan fingerprint density at radius 1 is 0.900 bits per heavy atom. The summed E-state index contributed by atoms with van der Waals surface area (Å²) >= 11 is 12.3. The van der Waals surface area contributed by atoms with E-state index in [1.165, 1.54) is 12.1 Å². The molecule has 0 saturated heterocycles. The quantitative estimate of drug-likeness (QED) is 0.508. The molecular weight excluding hydrogens is 427 g/mol. The number of ether oxygens (including phenoxy) is 2. The van der Waals surface area contributed by atoms with Crippen LogP contribution in [-0.4, -0.2) is 12.0 Å². The van der Waals surface area contributed by atoms with Crippen LogP contribution >= 0.6 is 23.2 Å². The second-order valence-electron chi connectivity index (χ2n) is 6.30. The smallest absolute Gasteiger partial charge is 0.412 e. The molecule has 0 atom stereocenters. The van der Waals surface area contributed by atoms with Crippen molar-refractivity contribution in [1.29, 1.82) is 0 Å². The second kappa shape index (κ2) is 10.0. The van der Waals surface area contributed by atoms with Crippen molar-refractivity contribution in [2.24, 2.45) is 5.73 Å². The molecule has 0 unspecified atom stereocenters. The zero-order chi connectivity index (χ0) is 21.5. The first-order valence-electron chi connectivity index (χ1n) is 8.90. The minimum atomic E-state index is -0.673. The molecule has 0 aliphatic heterocycles. The number of hydrogen-bond donors (Lipinski definition) is 2. The fourth-order valence-corrected chi connectivity index (χ4v) is 3.14.